The molecule has 0 fully saturated rings. The van der Waals surface area contributed by atoms with E-state index in [9.17, 15) is 0 Å². The number of methoxy groups -OCH3 is 1. The van der Waals surface area contributed by atoms with Crippen molar-refractivity contribution < 1.29 is 14.2 Å². The number of hydrogen-bond donors (Lipinski definition) is 2. The predicted molar refractivity (Wildman–Crippen MR) is 97.1 cm³/mol. The molecule has 8 nitrogen and oxygen atoms in total. The molecule has 0 amide bonds. The molecule has 0 spiro atoms. The number of aliphatic imine (C=N–C) groups is 1. The van der Waals surface area contributed by atoms with Crippen molar-refractivity contribution >= 4 is 22.9 Å². The molecule has 2 aromatic carbocycles. The van der Waals surface area contributed by atoms with E-state index >= 15 is 0 Å². The molecule has 0 aliphatic carbocycles. The standard InChI is InChI=1S/C18H17N5O3/c1-24-13-8-10(9-14-15(13)26-7-6-25-14)16-21-17(19)22-18-20-11-4-2-3-5-12(11)23(16)18/h2-5,8-9,16H,6-7H2,1H3,(H3,19,20,21,22). The van der Waals surface area contributed by atoms with E-state index in [0.29, 0.717) is 42.4 Å². The molecule has 3 heterocycles. The van der Waals surface area contributed by atoms with Gasteiger partial charge in [-0.1, -0.05) is 12.1 Å². The van der Waals surface area contributed by atoms with Gasteiger partial charge in [0.05, 0.1) is 18.1 Å². The van der Waals surface area contributed by atoms with Gasteiger partial charge in [0.2, 0.25) is 11.7 Å². The Bertz CT molecular complexity index is 1030. The number of nitrogens with zero attached hydrogens (tertiary/aromatic N) is 3. The minimum Gasteiger partial charge on any atom is -0.493 e. The van der Waals surface area contributed by atoms with Gasteiger partial charge in [-0.15, -0.1) is 0 Å². The minimum absolute atomic E-state index is 0.312. The number of aromatic nitrogens is 2. The SMILES string of the molecule is COc1cc(C2N=C(N)Nc3nc4ccccc4n32)cc2c1OCCO2. The highest BCUT2D eigenvalue weighted by atomic mass is 16.6. The Morgan fingerprint density at radius 1 is 1.23 bits per heavy atom. The van der Waals surface area contributed by atoms with E-state index in [2.05, 4.69) is 15.3 Å². The molecule has 2 aliphatic heterocycles. The molecule has 5 rings (SSSR count). The van der Waals surface area contributed by atoms with Gasteiger partial charge in [-0.05, 0) is 24.3 Å². The van der Waals surface area contributed by atoms with Gasteiger partial charge < -0.3 is 19.9 Å². The van der Waals surface area contributed by atoms with Crippen LogP contribution in [-0.4, -0.2) is 35.8 Å². The summed E-state index contributed by atoms with van der Waals surface area (Å²) >= 11 is 0. The lowest BCUT2D eigenvalue weighted by atomic mass is 10.1. The lowest BCUT2D eigenvalue weighted by Gasteiger charge is -2.26. The van der Waals surface area contributed by atoms with E-state index in [1.54, 1.807) is 7.11 Å². The van der Waals surface area contributed by atoms with Crippen molar-refractivity contribution in [1.29, 1.82) is 0 Å². The summed E-state index contributed by atoms with van der Waals surface area (Å²) in [5.41, 5.74) is 8.71. The average molecular weight is 351 g/mol. The summed E-state index contributed by atoms with van der Waals surface area (Å²) in [6.07, 6.45) is -0.386. The van der Waals surface area contributed by atoms with Gasteiger partial charge in [0.1, 0.15) is 13.2 Å². The van der Waals surface area contributed by atoms with Crippen LogP contribution < -0.4 is 25.3 Å². The molecule has 0 saturated carbocycles. The molecular formula is C18H17N5O3. The van der Waals surface area contributed by atoms with Crippen molar-refractivity contribution in [3.8, 4) is 17.2 Å². The maximum atomic E-state index is 6.01. The Morgan fingerprint density at radius 2 is 2.08 bits per heavy atom. The number of para-hydroxylation sites is 2. The topological polar surface area (TPSA) is 95.9 Å². The molecule has 0 radical (unpaired) electrons. The van der Waals surface area contributed by atoms with Gasteiger partial charge in [0.15, 0.2) is 23.6 Å². The smallest absolute Gasteiger partial charge is 0.212 e. The van der Waals surface area contributed by atoms with E-state index in [0.717, 1.165) is 16.6 Å². The van der Waals surface area contributed by atoms with Gasteiger partial charge in [0, 0.05) is 5.56 Å². The molecule has 1 aromatic heterocycles. The first-order chi connectivity index (χ1) is 12.7. The summed E-state index contributed by atoms with van der Waals surface area (Å²) in [6, 6.07) is 11.7. The third-order valence-corrected chi connectivity index (χ3v) is 4.49. The van der Waals surface area contributed by atoms with Gasteiger partial charge >= 0.3 is 0 Å². The predicted octanol–water partition coefficient (Wildman–Crippen LogP) is 2.10. The average Bonchev–Trinajstić information content (AvgIpc) is 3.04. The van der Waals surface area contributed by atoms with Crippen LogP contribution in [0.3, 0.4) is 0 Å². The molecule has 0 saturated heterocycles. The highest BCUT2D eigenvalue weighted by Crippen LogP contribution is 2.43. The number of nitrogens with two attached hydrogens (primary N) is 1. The zero-order valence-corrected chi connectivity index (χ0v) is 14.1. The molecular weight excluding hydrogens is 334 g/mol. The number of benzene rings is 2. The number of rotatable bonds is 2. The van der Waals surface area contributed by atoms with Gasteiger partial charge in [-0.2, -0.15) is 0 Å². The lowest BCUT2D eigenvalue weighted by Crippen LogP contribution is -2.31. The number of anilines is 1. The first-order valence-corrected chi connectivity index (χ1v) is 8.29. The maximum absolute atomic E-state index is 6.01. The van der Waals surface area contributed by atoms with Crippen LogP contribution in [0.2, 0.25) is 0 Å². The van der Waals surface area contributed by atoms with Crippen molar-refractivity contribution in [2.75, 3.05) is 25.6 Å². The highest BCUT2D eigenvalue weighted by molar-refractivity contribution is 5.94. The second-order valence-corrected chi connectivity index (χ2v) is 6.05. The van der Waals surface area contributed by atoms with Gasteiger partial charge in [-0.3, -0.25) is 9.88 Å². The van der Waals surface area contributed by atoms with Crippen LogP contribution in [0.4, 0.5) is 5.95 Å². The fraction of sp³-hybridized carbons (Fsp3) is 0.222. The van der Waals surface area contributed by atoms with E-state index in [1.807, 2.05) is 41.0 Å². The number of imidazole rings is 1. The highest BCUT2D eigenvalue weighted by Gasteiger charge is 2.28. The van der Waals surface area contributed by atoms with Gasteiger partial charge in [-0.25, -0.2) is 9.98 Å². The number of hydrogen-bond acceptors (Lipinski definition) is 7. The Morgan fingerprint density at radius 3 is 2.96 bits per heavy atom. The summed E-state index contributed by atoms with van der Waals surface area (Å²) in [4.78, 5) is 9.21. The van der Waals surface area contributed by atoms with Crippen molar-refractivity contribution in [2.24, 2.45) is 10.7 Å². The fourth-order valence-electron chi connectivity index (χ4n) is 3.38. The second kappa shape index (κ2) is 5.55. The molecule has 0 bridgehead atoms. The molecule has 3 N–H and O–H groups in total. The van der Waals surface area contributed by atoms with Crippen molar-refractivity contribution in [2.45, 2.75) is 6.17 Å². The lowest BCUT2D eigenvalue weighted by molar-refractivity contribution is 0.164. The zero-order valence-electron chi connectivity index (χ0n) is 14.1. The molecule has 132 valence electrons. The molecule has 26 heavy (non-hydrogen) atoms. The third kappa shape index (κ3) is 2.15. The fourth-order valence-corrected chi connectivity index (χ4v) is 3.38. The first-order valence-electron chi connectivity index (χ1n) is 8.29. The van der Waals surface area contributed by atoms with Gasteiger partial charge in [0.25, 0.3) is 0 Å². The number of nitrogens with one attached hydrogen (secondary N) is 1. The normalized spacial score (nSPS) is 18.0. The van der Waals surface area contributed by atoms with Crippen LogP contribution in [-0.2, 0) is 0 Å². The van der Waals surface area contributed by atoms with Crippen LogP contribution in [0.25, 0.3) is 11.0 Å². The van der Waals surface area contributed by atoms with Crippen molar-refractivity contribution in [3.05, 3.63) is 42.0 Å². The summed E-state index contributed by atoms with van der Waals surface area (Å²) in [5, 5.41) is 3.03. The monoisotopic (exact) mass is 351 g/mol. The van der Waals surface area contributed by atoms with Crippen LogP contribution in [0, 0.1) is 0 Å². The molecule has 1 unspecified atom stereocenters. The molecule has 2 aliphatic rings. The number of guanidine groups is 1. The van der Waals surface area contributed by atoms with Crippen molar-refractivity contribution in [1.82, 2.24) is 9.55 Å². The quantitative estimate of drug-likeness (QED) is 0.734. The summed E-state index contributed by atoms with van der Waals surface area (Å²) in [6.45, 7) is 0.994. The van der Waals surface area contributed by atoms with Crippen molar-refractivity contribution in [3.63, 3.8) is 0 Å². The van der Waals surface area contributed by atoms with E-state index in [-0.39, 0.29) is 6.17 Å². The zero-order chi connectivity index (χ0) is 17.7. The Kier molecular flexibility index (Phi) is 3.18. The molecule has 1 atom stereocenters. The van der Waals surface area contributed by atoms with Crippen LogP contribution in [0.1, 0.15) is 11.7 Å². The Balaban J connectivity index is 1.72. The maximum Gasteiger partial charge on any atom is 0.212 e. The van der Waals surface area contributed by atoms with E-state index < -0.39 is 0 Å². The number of fused-ring (bicyclic) bond motifs is 4. The Labute approximate surface area is 149 Å². The summed E-state index contributed by atoms with van der Waals surface area (Å²) < 4.78 is 19.0. The molecule has 3 aromatic rings. The Hall–Kier alpha value is -3.42. The largest absolute Gasteiger partial charge is 0.493 e. The summed E-state index contributed by atoms with van der Waals surface area (Å²) in [7, 11) is 1.61. The third-order valence-electron chi connectivity index (χ3n) is 4.49. The minimum atomic E-state index is -0.386. The van der Waals surface area contributed by atoms with Crippen LogP contribution in [0.5, 0.6) is 17.2 Å². The second-order valence-electron chi connectivity index (χ2n) is 6.05. The van der Waals surface area contributed by atoms with Crippen LogP contribution in [0.15, 0.2) is 41.4 Å². The summed E-state index contributed by atoms with van der Waals surface area (Å²) in [5.74, 6) is 2.83. The van der Waals surface area contributed by atoms with E-state index in [4.69, 9.17) is 19.9 Å². The molecule has 8 heteroatoms. The number of ether oxygens (including phenoxy) is 3. The van der Waals surface area contributed by atoms with Crippen LogP contribution >= 0.6 is 0 Å². The van der Waals surface area contributed by atoms with E-state index in [1.165, 1.54) is 0 Å². The first kappa shape index (κ1) is 14.9.